The van der Waals surface area contributed by atoms with Gasteiger partial charge in [0.25, 0.3) is 5.91 Å². The minimum Gasteiger partial charge on any atom is -0.427 e. The topological polar surface area (TPSA) is 88.4 Å². The Bertz CT molecular complexity index is 1170. The molecular formula is C25H27N3O4. The first-order valence-corrected chi connectivity index (χ1v) is 11.2. The zero-order valence-electron chi connectivity index (χ0n) is 18.2. The number of piperidine rings is 1. The number of carbonyl (C=O) groups is 1. The maximum absolute atomic E-state index is 13.2. The monoisotopic (exact) mass is 433 g/mol. The number of rotatable bonds is 4. The molecule has 0 bridgehead atoms. The molecule has 1 aromatic carbocycles. The van der Waals surface area contributed by atoms with Crippen molar-refractivity contribution in [3.8, 4) is 0 Å². The summed E-state index contributed by atoms with van der Waals surface area (Å²) in [5.41, 5.74) is 3.24. The second-order valence-electron chi connectivity index (χ2n) is 8.70. The fourth-order valence-corrected chi connectivity index (χ4v) is 4.91. The lowest BCUT2D eigenvalue weighted by molar-refractivity contribution is -0.0962. The molecular weight excluding hydrogens is 406 g/mol. The first kappa shape index (κ1) is 20.7. The van der Waals surface area contributed by atoms with E-state index in [-0.39, 0.29) is 11.5 Å². The lowest BCUT2D eigenvalue weighted by atomic mass is 9.83. The van der Waals surface area contributed by atoms with Gasteiger partial charge in [0, 0.05) is 19.5 Å². The summed E-state index contributed by atoms with van der Waals surface area (Å²) < 4.78 is 11.7. The molecule has 0 atom stereocenters. The summed E-state index contributed by atoms with van der Waals surface area (Å²) in [7, 11) is 0. The fourth-order valence-electron chi connectivity index (χ4n) is 4.91. The Morgan fingerprint density at radius 1 is 1.19 bits per heavy atom. The first-order valence-electron chi connectivity index (χ1n) is 11.2. The fraction of sp³-hybridized carbons (Fsp3) is 0.400. The van der Waals surface area contributed by atoms with Crippen LogP contribution in [0, 0.1) is 6.92 Å². The molecule has 1 N–H and O–H groups in total. The number of benzene rings is 1. The SMILES string of the molecule is Cc1cc(CCc2ccccc2)oc(=O)c1C(=O)N1CCC2(CC1)OCCc1cn[nH]c12. The molecule has 1 spiro atoms. The summed E-state index contributed by atoms with van der Waals surface area (Å²) >= 11 is 0. The highest BCUT2D eigenvalue weighted by Crippen LogP contribution is 2.40. The van der Waals surface area contributed by atoms with Gasteiger partial charge in [-0.15, -0.1) is 0 Å². The molecule has 0 unspecified atom stereocenters. The quantitative estimate of drug-likeness (QED) is 0.683. The van der Waals surface area contributed by atoms with Crippen LogP contribution in [0.5, 0.6) is 0 Å². The predicted molar refractivity (Wildman–Crippen MR) is 119 cm³/mol. The van der Waals surface area contributed by atoms with Crippen LogP contribution in [0.4, 0.5) is 0 Å². The van der Waals surface area contributed by atoms with Crippen LogP contribution >= 0.6 is 0 Å². The van der Waals surface area contributed by atoms with Gasteiger partial charge in [0.1, 0.15) is 16.9 Å². The van der Waals surface area contributed by atoms with Crippen molar-refractivity contribution >= 4 is 5.91 Å². The van der Waals surface area contributed by atoms with Crippen LogP contribution < -0.4 is 5.63 Å². The first-order chi connectivity index (χ1) is 15.6. The average molecular weight is 434 g/mol. The minimum atomic E-state index is -0.553. The number of nitrogens with one attached hydrogen (secondary N) is 1. The van der Waals surface area contributed by atoms with Crippen LogP contribution in [0.1, 0.15) is 51.3 Å². The summed E-state index contributed by atoms with van der Waals surface area (Å²) in [6.07, 6.45) is 5.46. The van der Waals surface area contributed by atoms with Gasteiger partial charge in [-0.3, -0.25) is 9.89 Å². The maximum Gasteiger partial charge on any atom is 0.349 e. The molecule has 0 radical (unpaired) electrons. The Morgan fingerprint density at radius 2 is 1.97 bits per heavy atom. The van der Waals surface area contributed by atoms with E-state index in [2.05, 4.69) is 10.2 Å². The third-order valence-electron chi connectivity index (χ3n) is 6.70. The number of aromatic amines is 1. The van der Waals surface area contributed by atoms with E-state index >= 15 is 0 Å². The summed E-state index contributed by atoms with van der Waals surface area (Å²) in [4.78, 5) is 27.7. The van der Waals surface area contributed by atoms with Gasteiger partial charge in [-0.2, -0.15) is 5.10 Å². The lowest BCUT2D eigenvalue weighted by Crippen LogP contribution is -2.49. The van der Waals surface area contributed by atoms with Crippen LogP contribution in [-0.4, -0.2) is 40.7 Å². The molecule has 2 aliphatic heterocycles. The molecule has 7 nitrogen and oxygen atoms in total. The Kier molecular flexibility index (Phi) is 5.43. The van der Waals surface area contributed by atoms with Gasteiger partial charge in [-0.1, -0.05) is 30.3 Å². The van der Waals surface area contributed by atoms with Gasteiger partial charge in [0.15, 0.2) is 0 Å². The standard InChI is InChI=1S/C25H27N3O4/c1-17-15-20(8-7-18-5-3-2-4-6-18)32-24(30)21(17)23(29)28-12-10-25(11-13-28)22-19(9-14-31-25)16-26-27-22/h2-6,15-16H,7-14H2,1H3,(H,26,27). The Morgan fingerprint density at radius 3 is 2.72 bits per heavy atom. The van der Waals surface area contributed by atoms with Crippen LogP contribution in [0.2, 0.25) is 0 Å². The van der Waals surface area contributed by atoms with E-state index in [0.29, 0.717) is 50.3 Å². The number of hydrogen-bond donors (Lipinski definition) is 1. The molecule has 0 saturated carbocycles. The van der Waals surface area contributed by atoms with E-state index < -0.39 is 11.2 Å². The normalized spacial score (nSPS) is 17.3. The predicted octanol–water partition coefficient (Wildman–Crippen LogP) is 3.16. The van der Waals surface area contributed by atoms with Crippen molar-refractivity contribution in [2.75, 3.05) is 19.7 Å². The van der Waals surface area contributed by atoms with E-state index in [4.69, 9.17) is 9.15 Å². The van der Waals surface area contributed by atoms with Gasteiger partial charge in [-0.05, 0) is 55.4 Å². The molecule has 1 amide bonds. The molecule has 4 heterocycles. The van der Waals surface area contributed by atoms with Crippen LogP contribution in [0.3, 0.4) is 0 Å². The largest absolute Gasteiger partial charge is 0.427 e. The Balaban J connectivity index is 1.29. The highest BCUT2D eigenvalue weighted by Gasteiger charge is 2.43. The molecule has 0 aliphatic carbocycles. The lowest BCUT2D eigenvalue weighted by Gasteiger charge is -2.43. The number of ether oxygens (including phenoxy) is 1. The van der Waals surface area contributed by atoms with E-state index in [1.807, 2.05) is 49.5 Å². The Hall–Kier alpha value is -3.19. The molecule has 32 heavy (non-hydrogen) atoms. The molecule has 166 valence electrons. The van der Waals surface area contributed by atoms with E-state index in [1.165, 1.54) is 11.1 Å². The Labute approximate surface area is 186 Å². The van der Waals surface area contributed by atoms with Crippen LogP contribution in [0.15, 0.2) is 51.8 Å². The molecule has 7 heteroatoms. The minimum absolute atomic E-state index is 0.135. The van der Waals surface area contributed by atoms with E-state index in [9.17, 15) is 9.59 Å². The van der Waals surface area contributed by atoms with Crippen molar-refractivity contribution in [3.05, 3.63) is 86.7 Å². The maximum atomic E-state index is 13.2. The van der Waals surface area contributed by atoms with Gasteiger partial charge in [-0.25, -0.2) is 4.79 Å². The summed E-state index contributed by atoms with van der Waals surface area (Å²) in [5, 5.41) is 7.28. The second kappa shape index (κ2) is 8.39. The third kappa shape index (κ3) is 3.77. The van der Waals surface area contributed by atoms with E-state index in [1.54, 1.807) is 4.90 Å². The zero-order chi connectivity index (χ0) is 22.1. The zero-order valence-corrected chi connectivity index (χ0v) is 18.2. The number of carbonyl (C=O) groups excluding carboxylic acids is 1. The third-order valence-corrected chi connectivity index (χ3v) is 6.70. The highest BCUT2D eigenvalue weighted by molar-refractivity contribution is 5.95. The van der Waals surface area contributed by atoms with Crippen molar-refractivity contribution < 1.29 is 13.9 Å². The molecule has 1 fully saturated rings. The average Bonchev–Trinajstić information content (AvgIpc) is 3.29. The molecule has 3 aromatic rings. The number of aryl methyl sites for hydroxylation is 3. The molecule has 5 rings (SSSR count). The van der Waals surface area contributed by atoms with Crippen molar-refractivity contribution in [2.24, 2.45) is 0 Å². The van der Waals surface area contributed by atoms with Crippen LogP contribution in [-0.2, 0) is 29.6 Å². The van der Waals surface area contributed by atoms with Crippen molar-refractivity contribution in [1.82, 2.24) is 15.1 Å². The molecule has 1 saturated heterocycles. The van der Waals surface area contributed by atoms with Gasteiger partial charge in [0.2, 0.25) is 0 Å². The van der Waals surface area contributed by atoms with Crippen molar-refractivity contribution in [1.29, 1.82) is 0 Å². The number of nitrogens with zero attached hydrogens (tertiary/aromatic N) is 2. The van der Waals surface area contributed by atoms with Crippen molar-refractivity contribution in [2.45, 2.75) is 44.6 Å². The molecule has 2 aliphatic rings. The number of fused-ring (bicyclic) bond motifs is 2. The van der Waals surface area contributed by atoms with Gasteiger partial charge < -0.3 is 14.1 Å². The highest BCUT2D eigenvalue weighted by atomic mass is 16.5. The number of hydrogen-bond acceptors (Lipinski definition) is 5. The summed E-state index contributed by atoms with van der Waals surface area (Å²) in [6.45, 7) is 3.51. The number of likely N-dealkylation sites (tertiary alicyclic amines) is 1. The van der Waals surface area contributed by atoms with Crippen molar-refractivity contribution in [3.63, 3.8) is 0 Å². The number of aromatic nitrogens is 2. The smallest absolute Gasteiger partial charge is 0.349 e. The van der Waals surface area contributed by atoms with E-state index in [0.717, 1.165) is 18.5 Å². The number of amides is 1. The van der Waals surface area contributed by atoms with Gasteiger partial charge in [0.05, 0.1) is 18.5 Å². The number of H-pyrrole nitrogens is 1. The summed E-state index contributed by atoms with van der Waals surface area (Å²) in [6, 6.07) is 11.9. The van der Waals surface area contributed by atoms with Gasteiger partial charge >= 0.3 is 5.63 Å². The second-order valence-corrected chi connectivity index (χ2v) is 8.70. The summed E-state index contributed by atoms with van der Waals surface area (Å²) in [5.74, 6) is 0.342. The van der Waals surface area contributed by atoms with Crippen LogP contribution in [0.25, 0.3) is 0 Å². The molecule has 2 aromatic heterocycles.